The van der Waals surface area contributed by atoms with Gasteiger partial charge in [-0.2, -0.15) is 0 Å². The lowest BCUT2D eigenvalue weighted by Gasteiger charge is -2.35. The average Bonchev–Trinajstić information content (AvgIpc) is 2.93. The van der Waals surface area contributed by atoms with E-state index in [0.29, 0.717) is 12.6 Å². The number of nitrogens with zero attached hydrogens (tertiary/aromatic N) is 2. The first kappa shape index (κ1) is 16.1. The lowest BCUT2D eigenvalue weighted by atomic mass is 9.96. The third kappa shape index (κ3) is 4.09. The molecule has 6 heteroatoms. The molecule has 21 heavy (non-hydrogen) atoms. The number of likely N-dealkylation sites (tertiary alicyclic amines) is 1. The van der Waals surface area contributed by atoms with Gasteiger partial charge in [0, 0.05) is 19.6 Å². The van der Waals surface area contributed by atoms with Crippen molar-refractivity contribution in [2.24, 2.45) is 11.8 Å². The highest BCUT2D eigenvalue weighted by atomic mass is 16.4. The number of carboxylic acid groups (broad SMARTS) is 1. The van der Waals surface area contributed by atoms with Gasteiger partial charge in [0.1, 0.15) is 0 Å². The summed E-state index contributed by atoms with van der Waals surface area (Å²) in [5.74, 6) is -0.938. The van der Waals surface area contributed by atoms with Crippen molar-refractivity contribution in [2.75, 3.05) is 33.7 Å². The molecule has 0 aromatic heterocycles. The number of aliphatic carboxylic acids is 1. The second kappa shape index (κ2) is 7.11. The summed E-state index contributed by atoms with van der Waals surface area (Å²) in [6, 6.07) is 0.223. The van der Waals surface area contributed by atoms with Crippen LogP contribution in [0.25, 0.3) is 0 Å². The van der Waals surface area contributed by atoms with Crippen molar-refractivity contribution in [3.05, 3.63) is 0 Å². The van der Waals surface area contributed by atoms with Gasteiger partial charge in [0.25, 0.3) is 0 Å². The molecule has 2 rings (SSSR count). The Balaban J connectivity index is 1.77. The normalized spacial score (nSPS) is 27.5. The largest absolute Gasteiger partial charge is 0.481 e. The summed E-state index contributed by atoms with van der Waals surface area (Å²) in [7, 11) is 3.94. The SMILES string of the molecule is CN1CCC(N(C)C(=O)NCC2CCCC2C(=O)O)CC1. The number of amides is 2. The highest BCUT2D eigenvalue weighted by Gasteiger charge is 2.33. The van der Waals surface area contributed by atoms with Crippen LogP contribution in [0.2, 0.25) is 0 Å². The molecular weight excluding hydrogens is 270 g/mol. The summed E-state index contributed by atoms with van der Waals surface area (Å²) in [5.41, 5.74) is 0. The Bertz CT molecular complexity index is 380. The number of nitrogens with one attached hydrogen (secondary N) is 1. The Morgan fingerprint density at radius 2 is 1.90 bits per heavy atom. The first-order valence-corrected chi connectivity index (χ1v) is 7.91. The van der Waals surface area contributed by atoms with Gasteiger partial charge >= 0.3 is 12.0 Å². The summed E-state index contributed by atoms with van der Waals surface area (Å²) in [5, 5.41) is 12.1. The number of urea groups is 1. The molecule has 2 fully saturated rings. The minimum atomic E-state index is -0.726. The van der Waals surface area contributed by atoms with Crippen molar-refractivity contribution in [1.29, 1.82) is 0 Å². The van der Waals surface area contributed by atoms with E-state index in [0.717, 1.165) is 45.2 Å². The van der Waals surface area contributed by atoms with E-state index in [1.807, 2.05) is 7.05 Å². The minimum absolute atomic E-state index is 0.0689. The molecule has 1 aliphatic heterocycles. The van der Waals surface area contributed by atoms with Crippen molar-refractivity contribution in [2.45, 2.75) is 38.1 Å². The first-order chi connectivity index (χ1) is 9.99. The van der Waals surface area contributed by atoms with Gasteiger partial charge in [0.05, 0.1) is 5.92 Å². The molecule has 2 amide bonds. The zero-order chi connectivity index (χ0) is 15.4. The van der Waals surface area contributed by atoms with E-state index < -0.39 is 5.97 Å². The minimum Gasteiger partial charge on any atom is -0.481 e. The molecule has 2 aliphatic rings. The number of carboxylic acids is 1. The zero-order valence-electron chi connectivity index (χ0n) is 13.0. The molecule has 2 unspecified atom stereocenters. The van der Waals surface area contributed by atoms with Gasteiger partial charge in [-0.3, -0.25) is 4.79 Å². The molecule has 2 N–H and O–H groups in total. The van der Waals surface area contributed by atoms with Gasteiger partial charge in [-0.05, 0) is 51.7 Å². The van der Waals surface area contributed by atoms with Crippen LogP contribution >= 0.6 is 0 Å². The second-order valence-corrected chi connectivity index (χ2v) is 6.47. The lowest BCUT2D eigenvalue weighted by Crippen LogP contribution is -2.49. The Hall–Kier alpha value is -1.30. The molecule has 1 heterocycles. The van der Waals surface area contributed by atoms with Crippen LogP contribution in [0.5, 0.6) is 0 Å². The highest BCUT2D eigenvalue weighted by molar-refractivity contribution is 5.74. The van der Waals surface area contributed by atoms with Gasteiger partial charge in [-0.25, -0.2) is 4.79 Å². The van der Waals surface area contributed by atoms with E-state index in [9.17, 15) is 9.59 Å². The number of rotatable bonds is 4. The molecule has 120 valence electrons. The highest BCUT2D eigenvalue weighted by Crippen LogP contribution is 2.31. The van der Waals surface area contributed by atoms with Crippen molar-refractivity contribution in [1.82, 2.24) is 15.1 Å². The zero-order valence-corrected chi connectivity index (χ0v) is 13.0. The summed E-state index contributed by atoms with van der Waals surface area (Å²) in [4.78, 5) is 27.4. The van der Waals surface area contributed by atoms with Crippen LogP contribution in [-0.4, -0.2) is 66.7 Å². The van der Waals surface area contributed by atoms with E-state index >= 15 is 0 Å². The number of piperidine rings is 1. The fourth-order valence-corrected chi connectivity index (χ4v) is 3.50. The van der Waals surface area contributed by atoms with Crippen LogP contribution in [0.3, 0.4) is 0 Å². The second-order valence-electron chi connectivity index (χ2n) is 6.47. The van der Waals surface area contributed by atoms with E-state index in [2.05, 4.69) is 17.3 Å². The van der Waals surface area contributed by atoms with Crippen LogP contribution in [0, 0.1) is 11.8 Å². The van der Waals surface area contributed by atoms with Gasteiger partial charge in [-0.15, -0.1) is 0 Å². The van der Waals surface area contributed by atoms with Crippen LogP contribution in [0.4, 0.5) is 4.79 Å². The fraction of sp³-hybridized carbons (Fsp3) is 0.867. The molecule has 1 saturated heterocycles. The summed E-state index contributed by atoms with van der Waals surface area (Å²) in [6.07, 6.45) is 4.58. The molecular formula is C15H27N3O3. The van der Waals surface area contributed by atoms with Crippen molar-refractivity contribution < 1.29 is 14.7 Å². The van der Waals surface area contributed by atoms with E-state index in [1.165, 1.54) is 0 Å². The Morgan fingerprint density at radius 1 is 1.24 bits per heavy atom. The maximum absolute atomic E-state index is 12.2. The third-order valence-electron chi connectivity index (χ3n) is 5.05. The van der Waals surface area contributed by atoms with Crippen LogP contribution in [0.1, 0.15) is 32.1 Å². The fourth-order valence-electron chi connectivity index (χ4n) is 3.50. The summed E-state index contributed by atoms with van der Waals surface area (Å²) in [6.45, 7) is 2.52. The number of carbonyl (C=O) groups excluding carboxylic acids is 1. The number of carbonyl (C=O) groups is 2. The van der Waals surface area contributed by atoms with Gasteiger partial charge < -0.3 is 20.2 Å². The maximum Gasteiger partial charge on any atom is 0.317 e. The topological polar surface area (TPSA) is 72.9 Å². The number of hydrogen-bond acceptors (Lipinski definition) is 3. The Labute approximate surface area is 126 Å². The summed E-state index contributed by atoms with van der Waals surface area (Å²) < 4.78 is 0. The van der Waals surface area contributed by atoms with Gasteiger partial charge in [0.15, 0.2) is 0 Å². The Morgan fingerprint density at radius 3 is 2.52 bits per heavy atom. The van der Waals surface area contributed by atoms with E-state index in [1.54, 1.807) is 4.90 Å². The Kier molecular flexibility index (Phi) is 5.45. The molecule has 2 atom stereocenters. The average molecular weight is 297 g/mol. The molecule has 0 radical (unpaired) electrons. The van der Waals surface area contributed by atoms with Crippen molar-refractivity contribution in [3.63, 3.8) is 0 Å². The lowest BCUT2D eigenvalue weighted by molar-refractivity contribution is -0.142. The van der Waals surface area contributed by atoms with Crippen molar-refractivity contribution in [3.8, 4) is 0 Å². The summed E-state index contributed by atoms with van der Waals surface area (Å²) >= 11 is 0. The molecule has 0 aromatic carbocycles. The van der Waals surface area contributed by atoms with E-state index in [4.69, 9.17) is 5.11 Å². The van der Waals surface area contributed by atoms with Gasteiger partial charge in [0.2, 0.25) is 0 Å². The predicted molar refractivity (Wildman–Crippen MR) is 80.1 cm³/mol. The maximum atomic E-state index is 12.2. The molecule has 0 aromatic rings. The molecule has 0 bridgehead atoms. The number of hydrogen-bond donors (Lipinski definition) is 2. The van der Waals surface area contributed by atoms with Crippen molar-refractivity contribution >= 4 is 12.0 Å². The molecule has 1 aliphatic carbocycles. The predicted octanol–water partition coefficient (Wildman–Crippen LogP) is 1.22. The van der Waals surface area contributed by atoms with Crippen LogP contribution in [-0.2, 0) is 4.79 Å². The third-order valence-corrected chi connectivity index (χ3v) is 5.05. The standard InChI is InChI=1S/C15H27N3O3/c1-17-8-6-12(7-9-17)18(2)15(21)16-10-11-4-3-5-13(11)14(19)20/h11-13H,3-10H2,1-2H3,(H,16,21)(H,19,20). The monoisotopic (exact) mass is 297 g/mol. The van der Waals surface area contributed by atoms with Gasteiger partial charge in [-0.1, -0.05) is 6.42 Å². The first-order valence-electron chi connectivity index (χ1n) is 7.91. The smallest absolute Gasteiger partial charge is 0.317 e. The van der Waals surface area contributed by atoms with Crippen LogP contribution < -0.4 is 5.32 Å². The van der Waals surface area contributed by atoms with E-state index in [-0.39, 0.29) is 17.9 Å². The molecule has 6 nitrogen and oxygen atoms in total. The molecule has 1 saturated carbocycles. The van der Waals surface area contributed by atoms with Crippen LogP contribution in [0.15, 0.2) is 0 Å². The quantitative estimate of drug-likeness (QED) is 0.818. The molecule has 0 spiro atoms.